The number of aromatic nitrogens is 1. The molecule has 0 aromatic carbocycles. The fraction of sp³-hybridized carbons (Fsp3) is 0.583. The van der Waals surface area contributed by atoms with Gasteiger partial charge in [0.1, 0.15) is 0 Å². The number of rotatable bonds is 6. The number of hydrogen-bond donors (Lipinski definition) is 2. The second-order valence-electron chi connectivity index (χ2n) is 3.84. The molecule has 1 aromatic heterocycles. The molecule has 1 aromatic rings. The molecular weight excluding hydrogens is 202 g/mol. The van der Waals surface area contributed by atoms with Gasteiger partial charge in [0.15, 0.2) is 0 Å². The number of hydrogen-bond acceptors (Lipinski definition) is 4. The zero-order valence-electron chi connectivity index (χ0n) is 10.1. The summed E-state index contributed by atoms with van der Waals surface area (Å²) in [5, 5.41) is 9.99. The van der Waals surface area contributed by atoms with Crippen LogP contribution in [0.1, 0.15) is 31.9 Å². The average Bonchev–Trinajstić information content (AvgIpc) is 2.30. The van der Waals surface area contributed by atoms with Gasteiger partial charge < -0.3 is 15.7 Å². The van der Waals surface area contributed by atoms with Crippen molar-refractivity contribution in [2.75, 3.05) is 25.4 Å². The highest BCUT2D eigenvalue weighted by atomic mass is 16.3. The molecule has 0 spiro atoms. The highest BCUT2D eigenvalue weighted by Crippen LogP contribution is 2.21. The summed E-state index contributed by atoms with van der Waals surface area (Å²) >= 11 is 0. The lowest BCUT2D eigenvalue weighted by molar-refractivity contribution is 0.145. The Balaban J connectivity index is 2.52. The third kappa shape index (κ3) is 3.47. The Morgan fingerprint density at radius 1 is 1.44 bits per heavy atom. The molecule has 0 aliphatic rings. The Bertz CT molecular complexity index is 313. The van der Waals surface area contributed by atoms with Crippen LogP contribution >= 0.6 is 0 Å². The molecule has 0 saturated heterocycles. The number of nitrogen functional groups attached to an aromatic ring is 1. The van der Waals surface area contributed by atoms with Crippen LogP contribution in [-0.4, -0.2) is 34.6 Å². The van der Waals surface area contributed by atoms with Crippen molar-refractivity contribution in [1.82, 2.24) is 9.88 Å². The smallest absolute Gasteiger partial charge is 0.0837 e. The maximum atomic E-state index is 9.99. The van der Waals surface area contributed by atoms with E-state index in [4.69, 9.17) is 5.73 Å². The molecule has 4 heteroatoms. The highest BCUT2D eigenvalue weighted by molar-refractivity contribution is 5.45. The molecule has 1 heterocycles. The standard InChI is InChI=1S/C12H21N3O/c1-3-15(4-2)8-6-12(16)10-9-14-7-5-11(10)13/h5,7,9,12,16H,3-4,6,8H2,1-2H3,(H2,13,14). The molecule has 1 atom stereocenters. The normalized spacial score (nSPS) is 13.0. The van der Waals surface area contributed by atoms with E-state index in [1.807, 2.05) is 0 Å². The Kier molecular flexibility index (Phi) is 5.22. The fourth-order valence-corrected chi connectivity index (χ4v) is 1.70. The van der Waals surface area contributed by atoms with E-state index in [9.17, 15) is 5.11 Å². The van der Waals surface area contributed by atoms with Crippen molar-refractivity contribution >= 4 is 5.69 Å². The number of aliphatic hydroxyl groups is 1. The second-order valence-corrected chi connectivity index (χ2v) is 3.84. The van der Waals surface area contributed by atoms with Gasteiger partial charge in [0.2, 0.25) is 0 Å². The van der Waals surface area contributed by atoms with Crippen molar-refractivity contribution in [2.45, 2.75) is 26.4 Å². The van der Waals surface area contributed by atoms with E-state index < -0.39 is 6.10 Å². The van der Waals surface area contributed by atoms with Gasteiger partial charge in [0, 0.05) is 30.2 Å². The Hall–Kier alpha value is -1.13. The van der Waals surface area contributed by atoms with Crippen LogP contribution in [0.2, 0.25) is 0 Å². The third-order valence-corrected chi connectivity index (χ3v) is 2.86. The van der Waals surface area contributed by atoms with E-state index in [2.05, 4.69) is 23.7 Å². The van der Waals surface area contributed by atoms with Gasteiger partial charge in [-0.05, 0) is 25.6 Å². The van der Waals surface area contributed by atoms with E-state index in [0.29, 0.717) is 12.1 Å². The van der Waals surface area contributed by atoms with E-state index >= 15 is 0 Å². The van der Waals surface area contributed by atoms with E-state index in [1.54, 1.807) is 18.5 Å². The van der Waals surface area contributed by atoms with Crippen LogP contribution < -0.4 is 5.73 Å². The quantitative estimate of drug-likeness (QED) is 0.766. The molecule has 4 nitrogen and oxygen atoms in total. The lowest BCUT2D eigenvalue weighted by Crippen LogP contribution is -2.25. The van der Waals surface area contributed by atoms with Gasteiger partial charge in [-0.15, -0.1) is 0 Å². The third-order valence-electron chi connectivity index (χ3n) is 2.86. The van der Waals surface area contributed by atoms with Crippen molar-refractivity contribution in [1.29, 1.82) is 0 Å². The van der Waals surface area contributed by atoms with Gasteiger partial charge in [-0.25, -0.2) is 0 Å². The summed E-state index contributed by atoms with van der Waals surface area (Å²) < 4.78 is 0. The molecule has 16 heavy (non-hydrogen) atoms. The predicted molar refractivity (Wildman–Crippen MR) is 66.0 cm³/mol. The number of aliphatic hydroxyl groups excluding tert-OH is 1. The molecule has 0 amide bonds. The van der Waals surface area contributed by atoms with Crippen LogP contribution in [0.25, 0.3) is 0 Å². The van der Waals surface area contributed by atoms with Crippen molar-refractivity contribution in [2.24, 2.45) is 0 Å². The first-order valence-electron chi connectivity index (χ1n) is 5.78. The number of anilines is 1. The Labute approximate surface area is 97.1 Å². The van der Waals surface area contributed by atoms with Gasteiger partial charge >= 0.3 is 0 Å². The minimum absolute atomic E-state index is 0.519. The molecule has 0 fully saturated rings. The van der Waals surface area contributed by atoms with Gasteiger partial charge in [-0.3, -0.25) is 4.98 Å². The maximum absolute atomic E-state index is 9.99. The molecule has 0 aliphatic carbocycles. The molecule has 0 bridgehead atoms. The highest BCUT2D eigenvalue weighted by Gasteiger charge is 2.12. The number of nitrogens with two attached hydrogens (primary N) is 1. The van der Waals surface area contributed by atoms with Crippen molar-refractivity contribution < 1.29 is 5.11 Å². The summed E-state index contributed by atoms with van der Waals surface area (Å²) in [5.41, 5.74) is 7.12. The summed E-state index contributed by atoms with van der Waals surface area (Å²) in [5.74, 6) is 0. The van der Waals surface area contributed by atoms with Crippen LogP contribution in [0.5, 0.6) is 0 Å². The molecule has 0 saturated carbocycles. The maximum Gasteiger partial charge on any atom is 0.0837 e. The predicted octanol–water partition coefficient (Wildman–Crippen LogP) is 1.43. The van der Waals surface area contributed by atoms with Crippen LogP contribution in [0, 0.1) is 0 Å². The summed E-state index contributed by atoms with van der Waals surface area (Å²) in [7, 11) is 0. The fourth-order valence-electron chi connectivity index (χ4n) is 1.70. The summed E-state index contributed by atoms with van der Waals surface area (Å²) in [6, 6.07) is 1.72. The van der Waals surface area contributed by atoms with E-state index in [1.165, 1.54) is 0 Å². The zero-order valence-corrected chi connectivity index (χ0v) is 10.1. The molecule has 90 valence electrons. The first-order chi connectivity index (χ1) is 7.69. The lowest BCUT2D eigenvalue weighted by atomic mass is 10.1. The van der Waals surface area contributed by atoms with Crippen molar-refractivity contribution in [3.63, 3.8) is 0 Å². The SMILES string of the molecule is CCN(CC)CCC(O)c1cnccc1N. The Morgan fingerprint density at radius 3 is 2.69 bits per heavy atom. The summed E-state index contributed by atoms with van der Waals surface area (Å²) in [4.78, 5) is 6.25. The van der Waals surface area contributed by atoms with Gasteiger partial charge in [0.25, 0.3) is 0 Å². The van der Waals surface area contributed by atoms with E-state index in [0.717, 1.165) is 25.2 Å². The van der Waals surface area contributed by atoms with Crippen molar-refractivity contribution in [3.05, 3.63) is 24.0 Å². The molecule has 0 aliphatic heterocycles. The van der Waals surface area contributed by atoms with Gasteiger partial charge in [-0.2, -0.15) is 0 Å². The van der Waals surface area contributed by atoms with Gasteiger partial charge in [-0.1, -0.05) is 13.8 Å². The second kappa shape index (κ2) is 6.45. The topological polar surface area (TPSA) is 62.4 Å². The van der Waals surface area contributed by atoms with E-state index in [-0.39, 0.29) is 0 Å². The zero-order chi connectivity index (χ0) is 12.0. The molecular formula is C12H21N3O. The molecule has 1 rings (SSSR count). The lowest BCUT2D eigenvalue weighted by Gasteiger charge is -2.20. The number of pyridine rings is 1. The van der Waals surface area contributed by atoms with Crippen LogP contribution in [0.15, 0.2) is 18.5 Å². The summed E-state index contributed by atoms with van der Waals surface area (Å²) in [6.45, 7) is 7.13. The number of nitrogens with zero attached hydrogens (tertiary/aromatic N) is 2. The summed E-state index contributed by atoms with van der Waals surface area (Å²) in [6.07, 6.45) is 3.45. The largest absolute Gasteiger partial charge is 0.398 e. The van der Waals surface area contributed by atoms with Crippen LogP contribution in [-0.2, 0) is 0 Å². The van der Waals surface area contributed by atoms with Crippen LogP contribution in [0.4, 0.5) is 5.69 Å². The minimum Gasteiger partial charge on any atom is -0.398 e. The Morgan fingerprint density at radius 2 is 2.12 bits per heavy atom. The molecule has 3 N–H and O–H groups in total. The van der Waals surface area contributed by atoms with Gasteiger partial charge in [0.05, 0.1) is 6.10 Å². The molecule has 1 unspecified atom stereocenters. The monoisotopic (exact) mass is 223 g/mol. The first kappa shape index (κ1) is 12.9. The van der Waals surface area contributed by atoms with Crippen molar-refractivity contribution in [3.8, 4) is 0 Å². The molecule has 0 radical (unpaired) electrons. The first-order valence-corrected chi connectivity index (χ1v) is 5.78. The van der Waals surface area contributed by atoms with Crippen LogP contribution in [0.3, 0.4) is 0 Å². The average molecular weight is 223 g/mol. The minimum atomic E-state index is -0.519.